The highest BCUT2D eigenvalue weighted by molar-refractivity contribution is 6.31. The van der Waals surface area contributed by atoms with Gasteiger partial charge < -0.3 is 18.8 Å². The fraction of sp³-hybridized carbons (Fsp3) is 0.120. The first kappa shape index (κ1) is 21.2. The van der Waals surface area contributed by atoms with Crippen LogP contribution in [0.1, 0.15) is 33.3 Å². The summed E-state index contributed by atoms with van der Waals surface area (Å²) in [5.41, 5.74) is 1.23. The summed E-state index contributed by atoms with van der Waals surface area (Å²) in [4.78, 5) is 39.3. The molecule has 3 heterocycles. The van der Waals surface area contributed by atoms with E-state index < -0.39 is 16.9 Å². The highest BCUT2D eigenvalue weighted by atomic mass is 35.5. The Labute approximate surface area is 202 Å². The number of fused-ring (bicyclic) bond motifs is 3. The van der Waals surface area contributed by atoms with Gasteiger partial charge in [0.2, 0.25) is 12.6 Å². The first-order valence-corrected chi connectivity index (χ1v) is 11.0. The Balaban J connectivity index is 1.51. The van der Waals surface area contributed by atoms with E-state index >= 15 is 0 Å². The molecule has 0 spiro atoms. The second-order valence-corrected chi connectivity index (χ2v) is 8.62. The van der Waals surface area contributed by atoms with Gasteiger partial charge in [-0.1, -0.05) is 17.7 Å². The van der Waals surface area contributed by atoms with Gasteiger partial charge >= 0.3 is 0 Å². The molecule has 0 radical (unpaired) electrons. The number of benzene rings is 3. The zero-order chi connectivity index (χ0) is 24.3. The number of carbonyl (C=O) groups is 1. The largest absolute Gasteiger partial charge is 0.454 e. The molecule has 4 aromatic rings. The lowest BCUT2D eigenvalue weighted by Gasteiger charge is -2.25. The number of carbonyl (C=O) groups excluding carboxylic acids is 1. The Hall–Kier alpha value is -4.37. The summed E-state index contributed by atoms with van der Waals surface area (Å²) in [5.74, 6) is 0.647. The van der Waals surface area contributed by atoms with Gasteiger partial charge in [0.25, 0.3) is 11.6 Å². The summed E-state index contributed by atoms with van der Waals surface area (Å²) in [6.45, 7) is 0.254. The summed E-state index contributed by atoms with van der Waals surface area (Å²) >= 11 is 6.11. The lowest BCUT2D eigenvalue weighted by molar-refractivity contribution is -0.384. The molecule has 1 aromatic heterocycles. The van der Waals surface area contributed by atoms with Crippen LogP contribution in [0.2, 0.25) is 5.02 Å². The maximum absolute atomic E-state index is 13.6. The van der Waals surface area contributed by atoms with E-state index in [-0.39, 0.29) is 46.7 Å². The molecule has 1 unspecified atom stereocenters. The van der Waals surface area contributed by atoms with Crippen molar-refractivity contribution in [1.29, 1.82) is 0 Å². The number of non-ortho nitro benzene ring substituents is 1. The Bertz CT molecular complexity index is 1600. The average Bonchev–Trinajstić information content (AvgIpc) is 3.43. The van der Waals surface area contributed by atoms with Gasteiger partial charge in [-0.25, -0.2) is 0 Å². The number of nitro benzene ring substituents is 1. The number of nitrogens with zero attached hydrogens (tertiary/aromatic N) is 2. The zero-order valence-electron chi connectivity index (χ0n) is 17.9. The Kier molecular flexibility index (Phi) is 4.75. The molecule has 0 bridgehead atoms. The van der Waals surface area contributed by atoms with Crippen LogP contribution in [0.4, 0.5) is 5.69 Å². The molecule has 0 fully saturated rings. The molecule has 10 heteroatoms. The first-order valence-electron chi connectivity index (χ1n) is 10.6. The molecule has 9 nitrogen and oxygen atoms in total. The number of hydrogen-bond donors (Lipinski definition) is 0. The highest BCUT2D eigenvalue weighted by Crippen LogP contribution is 2.41. The van der Waals surface area contributed by atoms with E-state index in [2.05, 4.69) is 0 Å². The standard InChI is InChI=1S/C25H15ClN2O7/c26-15-4-8-18-17(10-15)23(29)21-22(14-2-5-16(6-3-14)28(31)32)27(25(30)24(21)35-18)11-13-1-7-19-20(9-13)34-12-33-19/h1-10,22H,11-12H2. The van der Waals surface area contributed by atoms with Gasteiger partial charge in [-0.05, 0) is 53.6 Å². The third-order valence-corrected chi connectivity index (χ3v) is 6.37. The van der Waals surface area contributed by atoms with Crippen LogP contribution in [0.15, 0.2) is 69.9 Å². The average molecular weight is 491 g/mol. The van der Waals surface area contributed by atoms with Crippen LogP contribution in [0.5, 0.6) is 11.5 Å². The van der Waals surface area contributed by atoms with E-state index in [4.69, 9.17) is 25.5 Å². The second-order valence-electron chi connectivity index (χ2n) is 8.19. The lowest BCUT2D eigenvalue weighted by atomic mass is 9.98. The third-order valence-electron chi connectivity index (χ3n) is 6.14. The fourth-order valence-corrected chi connectivity index (χ4v) is 4.69. The minimum atomic E-state index is -0.816. The quantitative estimate of drug-likeness (QED) is 0.297. The van der Waals surface area contributed by atoms with Crippen molar-refractivity contribution in [1.82, 2.24) is 4.90 Å². The first-order chi connectivity index (χ1) is 16.9. The van der Waals surface area contributed by atoms with Crippen LogP contribution in [-0.2, 0) is 6.54 Å². The van der Waals surface area contributed by atoms with Gasteiger partial charge in [-0.15, -0.1) is 0 Å². The van der Waals surface area contributed by atoms with E-state index in [0.29, 0.717) is 22.1 Å². The highest BCUT2D eigenvalue weighted by Gasteiger charge is 2.43. The number of ether oxygens (including phenoxy) is 2. The molecule has 35 heavy (non-hydrogen) atoms. The predicted molar refractivity (Wildman–Crippen MR) is 125 cm³/mol. The number of hydrogen-bond acceptors (Lipinski definition) is 7. The van der Waals surface area contributed by atoms with E-state index in [0.717, 1.165) is 5.56 Å². The Morgan fingerprint density at radius 1 is 1.00 bits per heavy atom. The van der Waals surface area contributed by atoms with Crippen molar-refractivity contribution in [3.63, 3.8) is 0 Å². The molecule has 2 aliphatic heterocycles. The maximum atomic E-state index is 13.6. The second kappa shape index (κ2) is 7.85. The van der Waals surface area contributed by atoms with E-state index in [1.54, 1.807) is 36.4 Å². The van der Waals surface area contributed by atoms with Crippen LogP contribution < -0.4 is 14.9 Å². The van der Waals surface area contributed by atoms with Gasteiger partial charge in [-0.3, -0.25) is 19.7 Å². The maximum Gasteiger partial charge on any atom is 0.291 e. The van der Waals surface area contributed by atoms with Crippen molar-refractivity contribution >= 4 is 34.2 Å². The Morgan fingerprint density at radius 3 is 2.54 bits per heavy atom. The van der Waals surface area contributed by atoms with Crippen LogP contribution >= 0.6 is 11.6 Å². The van der Waals surface area contributed by atoms with Gasteiger partial charge in [0, 0.05) is 23.7 Å². The molecule has 0 N–H and O–H groups in total. The van der Waals surface area contributed by atoms with Crippen LogP contribution in [0, 0.1) is 10.1 Å². The summed E-state index contributed by atoms with van der Waals surface area (Å²) in [6.07, 6.45) is 0. The van der Waals surface area contributed by atoms with Crippen molar-refractivity contribution in [2.24, 2.45) is 0 Å². The summed E-state index contributed by atoms with van der Waals surface area (Å²) in [6, 6.07) is 14.9. The monoisotopic (exact) mass is 490 g/mol. The lowest BCUT2D eigenvalue weighted by Crippen LogP contribution is -2.29. The van der Waals surface area contributed by atoms with Crippen molar-refractivity contribution in [2.75, 3.05) is 6.79 Å². The molecule has 3 aromatic carbocycles. The number of amides is 1. The molecule has 1 amide bonds. The third kappa shape index (κ3) is 3.39. The van der Waals surface area contributed by atoms with Gasteiger partial charge in [0.05, 0.1) is 21.9 Å². The van der Waals surface area contributed by atoms with Gasteiger partial charge in [0.15, 0.2) is 16.9 Å². The molecule has 1 atom stereocenters. The minimum Gasteiger partial charge on any atom is -0.454 e. The molecule has 174 valence electrons. The number of rotatable bonds is 4. The molecular weight excluding hydrogens is 476 g/mol. The van der Waals surface area contributed by atoms with Crippen molar-refractivity contribution in [3.8, 4) is 11.5 Å². The minimum absolute atomic E-state index is 0.0612. The van der Waals surface area contributed by atoms with Crippen LogP contribution in [0.3, 0.4) is 0 Å². The SMILES string of the molecule is O=C1c2oc3ccc(Cl)cc3c(=O)c2C(c2ccc([N+](=O)[O-])cc2)N1Cc1ccc2c(c1)OCO2. The van der Waals surface area contributed by atoms with Crippen molar-refractivity contribution < 1.29 is 23.6 Å². The Morgan fingerprint density at radius 2 is 1.77 bits per heavy atom. The molecule has 0 aliphatic carbocycles. The topological polar surface area (TPSA) is 112 Å². The molecule has 0 saturated heterocycles. The summed E-state index contributed by atoms with van der Waals surface area (Å²) in [5, 5.41) is 11.8. The fourth-order valence-electron chi connectivity index (χ4n) is 4.52. The number of nitro groups is 1. The van der Waals surface area contributed by atoms with Crippen molar-refractivity contribution in [2.45, 2.75) is 12.6 Å². The predicted octanol–water partition coefficient (Wildman–Crippen LogP) is 4.83. The molecule has 2 aliphatic rings. The van der Waals surface area contributed by atoms with Crippen LogP contribution in [0.25, 0.3) is 11.0 Å². The summed E-state index contributed by atoms with van der Waals surface area (Å²) < 4.78 is 16.7. The van der Waals surface area contributed by atoms with E-state index in [1.165, 1.54) is 23.1 Å². The molecule has 6 rings (SSSR count). The molecular formula is C25H15ClN2O7. The normalized spacial score (nSPS) is 16.1. The number of halogens is 1. The zero-order valence-corrected chi connectivity index (χ0v) is 18.7. The van der Waals surface area contributed by atoms with E-state index in [9.17, 15) is 19.7 Å². The smallest absolute Gasteiger partial charge is 0.291 e. The van der Waals surface area contributed by atoms with Gasteiger partial charge in [-0.2, -0.15) is 0 Å². The molecule has 0 saturated carbocycles. The van der Waals surface area contributed by atoms with Crippen molar-refractivity contribution in [3.05, 3.63) is 108 Å². The summed E-state index contributed by atoms with van der Waals surface area (Å²) in [7, 11) is 0. The van der Waals surface area contributed by atoms with E-state index in [1.807, 2.05) is 6.07 Å². The van der Waals surface area contributed by atoms with Gasteiger partial charge in [0.1, 0.15) is 5.58 Å². The van der Waals surface area contributed by atoms with Crippen LogP contribution in [-0.4, -0.2) is 22.5 Å².